The first-order valence-corrected chi connectivity index (χ1v) is 6.52. The number of nitrogens with zero attached hydrogens (tertiary/aromatic N) is 1. The molecule has 0 bridgehead atoms. The Kier molecular flexibility index (Phi) is 4.03. The molecule has 0 saturated heterocycles. The Morgan fingerprint density at radius 1 is 1.05 bits per heavy atom. The van der Waals surface area contributed by atoms with Gasteiger partial charge >= 0.3 is 0 Å². The van der Waals surface area contributed by atoms with Gasteiger partial charge in [-0.05, 0) is 43.5 Å². The van der Waals surface area contributed by atoms with Crippen LogP contribution in [0, 0.1) is 30.9 Å². The molecule has 20 heavy (non-hydrogen) atoms. The molecule has 2 aromatic carbocycles. The fraction of sp³-hybridized carbons (Fsp3) is 0.250. The summed E-state index contributed by atoms with van der Waals surface area (Å²) in [5.74, 6) is 0. The van der Waals surface area contributed by atoms with Crippen molar-refractivity contribution in [3.8, 4) is 0 Å². The van der Waals surface area contributed by atoms with Gasteiger partial charge in [0.2, 0.25) is 0 Å². The van der Waals surface area contributed by atoms with Gasteiger partial charge in [0.05, 0.1) is 4.92 Å². The number of benzene rings is 2. The van der Waals surface area contributed by atoms with Crippen molar-refractivity contribution in [1.29, 1.82) is 0 Å². The maximum atomic E-state index is 10.7. The maximum absolute atomic E-state index is 10.7. The molecule has 0 aliphatic carbocycles. The number of aryl methyl sites for hydroxylation is 3. The van der Waals surface area contributed by atoms with E-state index in [2.05, 4.69) is 37.4 Å². The highest BCUT2D eigenvalue weighted by atomic mass is 16.6. The van der Waals surface area contributed by atoms with Gasteiger partial charge in [-0.3, -0.25) is 10.1 Å². The summed E-state index contributed by atoms with van der Waals surface area (Å²) in [6, 6.07) is 11.2. The molecule has 4 heteroatoms. The number of rotatable bonds is 4. The highest BCUT2D eigenvalue weighted by molar-refractivity contribution is 5.55. The van der Waals surface area contributed by atoms with Crippen LogP contribution in [0.5, 0.6) is 0 Å². The van der Waals surface area contributed by atoms with Gasteiger partial charge in [0.25, 0.3) is 5.69 Å². The molecule has 1 N–H and O–H groups in total. The SMILES string of the molecule is Cc1ccc(CNc2ccc([N+](=O)[O-])cc2C)c(C)c1. The first-order chi connectivity index (χ1) is 9.47. The van der Waals surface area contributed by atoms with Gasteiger partial charge in [-0.25, -0.2) is 0 Å². The largest absolute Gasteiger partial charge is 0.381 e. The third kappa shape index (κ3) is 3.15. The van der Waals surface area contributed by atoms with Crippen LogP contribution in [0.25, 0.3) is 0 Å². The summed E-state index contributed by atoms with van der Waals surface area (Å²) >= 11 is 0. The summed E-state index contributed by atoms with van der Waals surface area (Å²) in [7, 11) is 0. The van der Waals surface area contributed by atoms with Crippen molar-refractivity contribution in [2.24, 2.45) is 0 Å². The average Bonchev–Trinajstić information content (AvgIpc) is 2.38. The first-order valence-electron chi connectivity index (χ1n) is 6.52. The fourth-order valence-corrected chi connectivity index (χ4v) is 2.19. The lowest BCUT2D eigenvalue weighted by molar-refractivity contribution is -0.384. The van der Waals surface area contributed by atoms with E-state index in [1.54, 1.807) is 12.1 Å². The fourth-order valence-electron chi connectivity index (χ4n) is 2.19. The summed E-state index contributed by atoms with van der Waals surface area (Å²) in [5.41, 5.74) is 5.65. The van der Waals surface area contributed by atoms with Crippen molar-refractivity contribution in [1.82, 2.24) is 0 Å². The monoisotopic (exact) mass is 270 g/mol. The number of non-ortho nitro benzene ring substituents is 1. The van der Waals surface area contributed by atoms with E-state index in [1.165, 1.54) is 22.8 Å². The van der Waals surface area contributed by atoms with E-state index in [9.17, 15) is 10.1 Å². The Morgan fingerprint density at radius 3 is 2.40 bits per heavy atom. The Bertz CT molecular complexity index is 651. The predicted molar refractivity (Wildman–Crippen MR) is 81.1 cm³/mol. The average molecular weight is 270 g/mol. The molecular formula is C16H18N2O2. The van der Waals surface area contributed by atoms with Crippen LogP contribution >= 0.6 is 0 Å². The minimum absolute atomic E-state index is 0.125. The van der Waals surface area contributed by atoms with Crippen molar-refractivity contribution in [3.05, 3.63) is 68.8 Å². The Hall–Kier alpha value is -2.36. The lowest BCUT2D eigenvalue weighted by Gasteiger charge is -2.11. The Balaban J connectivity index is 2.13. The molecule has 2 aromatic rings. The zero-order chi connectivity index (χ0) is 14.7. The smallest absolute Gasteiger partial charge is 0.269 e. The summed E-state index contributed by atoms with van der Waals surface area (Å²) in [6.07, 6.45) is 0. The summed E-state index contributed by atoms with van der Waals surface area (Å²) in [5, 5.41) is 14.0. The van der Waals surface area contributed by atoms with Gasteiger partial charge in [0.1, 0.15) is 0 Å². The second-order valence-electron chi connectivity index (χ2n) is 5.04. The predicted octanol–water partition coefficient (Wildman–Crippen LogP) is 4.13. The molecular weight excluding hydrogens is 252 g/mol. The summed E-state index contributed by atoms with van der Waals surface area (Å²) < 4.78 is 0. The highest BCUT2D eigenvalue weighted by Gasteiger charge is 2.08. The Labute approximate surface area is 118 Å². The van der Waals surface area contributed by atoms with E-state index in [1.807, 2.05) is 6.92 Å². The van der Waals surface area contributed by atoms with Crippen LogP contribution in [0.2, 0.25) is 0 Å². The van der Waals surface area contributed by atoms with E-state index in [-0.39, 0.29) is 10.6 Å². The molecule has 0 unspecified atom stereocenters. The minimum Gasteiger partial charge on any atom is -0.381 e. The number of nitrogens with one attached hydrogen (secondary N) is 1. The normalized spacial score (nSPS) is 10.3. The number of nitro benzene ring substituents is 1. The molecule has 0 aliphatic heterocycles. The molecule has 104 valence electrons. The van der Waals surface area contributed by atoms with Crippen molar-refractivity contribution in [2.75, 3.05) is 5.32 Å². The topological polar surface area (TPSA) is 55.2 Å². The molecule has 0 atom stereocenters. The van der Waals surface area contributed by atoms with Crippen LogP contribution in [0.4, 0.5) is 11.4 Å². The molecule has 2 rings (SSSR count). The standard InChI is InChI=1S/C16H18N2O2/c1-11-4-5-14(12(2)8-11)10-17-16-7-6-15(18(19)20)9-13(16)3/h4-9,17H,10H2,1-3H3. The summed E-state index contributed by atoms with van der Waals surface area (Å²) in [4.78, 5) is 10.3. The van der Waals surface area contributed by atoms with Crippen molar-refractivity contribution >= 4 is 11.4 Å². The van der Waals surface area contributed by atoms with Crippen LogP contribution < -0.4 is 5.32 Å². The zero-order valence-electron chi connectivity index (χ0n) is 11.9. The molecule has 4 nitrogen and oxygen atoms in total. The van der Waals surface area contributed by atoms with E-state index in [0.717, 1.165) is 11.3 Å². The molecule has 0 aromatic heterocycles. The van der Waals surface area contributed by atoms with Gasteiger partial charge in [-0.1, -0.05) is 23.8 Å². The number of anilines is 1. The summed E-state index contributed by atoms with van der Waals surface area (Å²) in [6.45, 7) is 6.75. The van der Waals surface area contributed by atoms with Gasteiger partial charge in [-0.15, -0.1) is 0 Å². The van der Waals surface area contributed by atoms with Crippen molar-refractivity contribution in [2.45, 2.75) is 27.3 Å². The lowest BCUT2D eigenvalue weighted by Crippen LogP contribution is -2.03. The number of hydrogen-bond acceptors (Lipinski definition) is 3. The van der Waals surface area contributed by atoms with Crippen LogP contribution in [0.15, 0.2) is 36.4 Å². The van der Waals surface area contributed by atoms with Crippen LogP contribution in [0.3, 0.4) is 0 Å². The third-order valence-electron chi connectivity index (χ3n) is 3.39. The van der Waals surface area contributed by atoms with Gasteiger partial charge < -0.3 is 5.32 Å². The van der Waals surface area contributed by atoms with Gasteiger partial charge in [-0.2, -0.15) is 0 Å². The van der Waals surface area contributed by atoms with E-state index in [4.69, 9.17) is 0 Å². The van der Waals surface area contributed by atoms with Crippen molar-refractivity contribution in [3.63, 3.8) is 0 Å². The second kappa shape index (κ2) is 5.74. The second-order valence-corrected chi connectivity index (χ2v) is 5.04. The van der Waals surface area contributed by atoms with Gasteiger partial charge in [0.15, 0.2) is 0 Å². The number of nitro groups is 1. The Morgan fingerprint density at radius 2 is 1.80 bits per heavy atom. The van der Waals surface area contributed by atoms with Crippen LogP contribution in [-0.4, -0.2) is 4.92 Å². The third-order valence-corrected chi connectivity index (χ3v) is 3.39. The molecule has 0 spiro atoms. The number of hydrogen-bond donors (Lipinski definition) is 1. The van der Waals surface area contributed by atoms with Crippen LogP contribution in [0.1, 0.15) is 22.3 Å². The molecule has 0 saturated carbocycles. The highest BCUT2D eigenvalue weighted by Crippen LogP contribution is 2.22. The minimum atomic E-state index is -0.374. The zero-order valence-corrected chi connectivity index (χ0v) is 11.9. The molecule has 0 heterocycles. The van der Waals surface area contributed by atoms with Crippen molar-refractivity contribution < 1.29 is 4.92 Å². The van der Waals surface area contributed by atoms with E-state index in [0.29, 0.717) is 6.54 Å². The van der Waals surface area contributed by atoms with E-state index < -0.39 is 0 Å². The van der Waals surface area contributed by atoms with E-state index >= 15 is 0 Å². The first kappa shape index (κ1) is 14.1. The molecule has 0 aliphatic rings. The molecule has 0 amide bonds. The molecule has 0 radical (unpaired) electrons. The van der Waals surface area contributed by atoms with Crippen LogP contribution in [-0.2, 0) is 6.54 Å². The maximum Gasteiger partial charge on any atom is 0.269 e. The van der Waals surface area contributed by atoms with Gasteiger partial charge in [0, 0.05) is 24.4 Å². The quantitative estimate of drug-likeness (QED) is 0.671. The molecule has 0 fully saturated rings. The lowest BCUT2D eigenvalue weighted by atomic mass is 10.1.